The Labute approximate surface area is 169 Å². The van der Waals surface area contributed by atoms with E-state index in [2.05, 4.69) is 45.1 Å². The van der Waals surface area contributed by atoms with Gasteiger partial charge in [0, 0.05) is 23.2 Å². The van der Waals surface area contributed by atoms with Crippen molar-refractivity contribution in [1.29, 1.82) is 0 Å². The molecule has 0 atom stereocenters. The van der Waals surface area contributed by atoms with E-state index in [9.17, 15) is 5.11 Å². The van der Waals surface area contributed by atoms with Crippen molar-refractivity contribution in [3.8, 4) is 22.6 Å². The molecule has 27 heavy (non-hydrogen) atoms. The van der Waals surface area contributed by atoms with Crippen molar-refractivity contribution in [3.63, 3.8) is 0 Å². The van der Waals surface area contributed by atoms with Crippen LogP contribution < -0.4 is 10.1 Å². The number of methoxy groups -OCH3 is 1. The Bertz CT molecular complexity index is 774. The Morgan fingerprint density at radius 3 is 2.22 bits per heavy atom. The van der Waals surface area contributed by atoms with Gasteiger partial charge in [0.05, 0.1) is 7.11 Å². The largest absolute Gasteiger partial charge is 0.507 e. The summed E-state index contributed by atoms with van der Waals surface area (Å²) in [5, 5.41) is 14.6. The monoisotopic (exact) mass is 389 g/mol. The molecule has 1 fully saturated rings. The van der Waals surface area contributed by atoms with Crippen molar-refractivity contribution in [2.24, 2.45) is 0 Å². The first kappa shape index (κ1) is 21.6. The molecule has 0 heterocycles. The standard InChI is InChI=1S/C23H31NO2.ClH/c1-22(2,3)18-13-17(15-24-23(4)11-6-12-23)21(25)20(14-18)16-7-9-19(26-5)10-8-16;/h7-10,13-14,24-25H,6,11-12,15H2,1-5H3;1H. The molecule has 0 unspecified atom stereocenters. The summed E-state index contributed by atoms with van der Waals surface area (Å²) in [5.74, 6) is 1.19. The Kier molecular flexibility index (Phi) is 6.49. The van der Waals surface area contributed by atoms with Crippen LogP contribution in [0, 0.1) is 0 Å². The van der Waals surface area contributed by atoms with Crippen molar-refractivity contribution in [1.82, 2.24) is 5.32 Å². The van der Waals surface area contributed by atoms with E-state index in [4.69, 9.17) is 4.74 Å². The van der Waals surface area contributed by atoms with E-state index in [0.717, 1.165) is 22.4 Å². The molecule has 0 amide bonds. The highest BCUT2D eigenvalue weighted by molar-refractivity contribution is 5.85. The fourth-order valence-electron chi connectivity index (χ4n) is 3.45. The molecule has 2 aromatic rings. The van der Waals surface area contributed by atoms with Crippen molar-refractivity contribution in [2.75, 3.05) is 7.11 Å². The second-order valence-corrected chi connectivity index (χ2v) is 8.78. The van der Waals surface area contributed by atoms with Gasteiger partial charge in [-0.05, 0) is 60.9 Å². The van der Waals surface area contributed by atoms with E-state index >= 15 is 0 Å². The molecule has 0 aromatic heterocycles. The lowest BCUT2D eigenvalue weighted by Gasteiger charge is -2.39. The van der Waals surface area contributed by atoms with Crippen LogP contribution in [0.3, 0.4) is 0 Å². The van der Waals surface area contributed by atoms with E-state index in [1.165, 1.54) is 24.8 Å². The van der Waals surface area contributed by atoms with Crippen molar-refractivity contribution >= 4 is 12.4 Å². The maximum absolute atomic E-state index is 11.0. The van der Waals surface area contributed by atoms with Crippen molar-refractivity contribution in [2.45, 2.75) is 64.5 Å². The average molecular weight is 390 g/mol. The lowest BCUT2D eigenvalue weighted by atomic mass is 9.78. The van der Waals surface area contributed by atoms with Crippen LogP contribution in [0.2, 0.25) is 0 Å². The quantitative estimate of drug-likeness (QED) is 0.676. The Hall–Kier alpha value is -1.71. The van der Waals surface area contributed by atoms with Crippen LogP contribution in [0.5, 0.6) is 11.5 Å². The Balaban J connectivity index is 0.00000261. The third-order valence-corrected chi connectivity index (χ3v) is 5.62. The number of aromatic hydroxyl groups is 1. The number of phenols is 1. The summed E-state index contributed by atoms with van der Waals surface area (Å²) in [6.07, 6.45) is 3.70. The molecule has 148 valence electrons. The van der Waals surface area contributed by atoms with E-state index in [-0.39, 0.29) is 23.4 Å². The summed E-state index contributed by atoms with van der Waals surface area (Å²) < 4.78 is 5.26. The zero-order valence-corrected chi connectivity index (χ0v) is 17.9. The molecule has 1 aliphatic rings. The molecule has 3 rings (SSSR count). The third kappa shape index (κ3) is 4.77. The summed E-state index contributed by atoms with van der Waals surface area (Å²) >= 11 is 0. The number of rotatable bonds is 5. The van der Waals surface area contributed by atoms with Gasteiger partial charge in [-0.25, -0.2) is 0 Å². The summed E-state index contributed by atoms with van der Waals surface area (Å²) in [6.45, 7) is 9.59. The van der Waals surface area contributed by atoms with Crippen LogP contribution in [-0.2, 0) is 12.0 Å². The Morgan fingerprint density at radius 1 is 1.11 bits per heavy atom. The van der Waals surface area contributed by atoms with Crippen LogP contribution >= 0.6 is 12.4 Å². The molecular formula is C23H32ClNO2. The lowest BCUT2D eigenvalue weighted by Crippen LogP contribution is -2.47. The molecule has 1 aliphatic carbocycles. The van der Waals surface area contributed by atoms with Gasteiger partial charge < -0.3 is 15.2 Å². The van der Waals surface area contributed by atoms with Crippen LogP contribution in [0.15, 0.2) is 36.4 Å². The number of nitrogens with one attached hydrogen (secondary N) is 1. The second kappa shape index (κ2) is 8.12. The van der Waals surface area contributed by atoms with Gasteiger partial charge >= 0.3 is 0 Å². The molecule has 3 nitrogen and oxygen atoms in total. The number of benzene rings is 2. The zero-order chi connectivity index (χ0) is 18.9. The number of ether oxygens (including phenoxy) is 1. The highest BCUT2D eigenvalue weighted by atomic mass is 35.5. The third-order valence-electron chi connectivity index (χ3n) is 5.62. The van der Waals surface area contributed by atoms with E-state index in [1.807, 2.05) is 24.3 Å². The number of hydrogen-bond acceptors (Lipinski definition) is 3. The predicted molar refractivity (Wildman–Crippen MR) is 115 cm³/mol. The fourth-order valence-corrected chi connectivity index (χ4v) is 3.45. The Morgan fingerprint density at radius 2 is 1.74 bits per heavy atom. The first-order chi connectivity index (χ1) is 12.2. The van der Waals surface area contributed by atoms with Crippen LogP contribution in [-0.4, -0.2) is 17.8 Å². The summed E-state index contributed by atoms with van der Waals surface area (Å²) in [6, 6.07) is 12.1. The van der Waals surface area contributed by atoms with Gasteiger partial charge in [-0.3, -0.25) is 0 Å². The molecule has 0 spiro atoms. The number of hydrogen-bond donors (Lipinski definition) is 2. The minimum absolute atomic E-state index is 0. The zero-order valence-electron chi connectivity index (χ0n) is 17.1. The maximum atomic E-state index is 11.0. The SMILES string of the molecule is COc1ccc(-c2cc(C(C)(C)C)cc(CNC3(C)CCC3)c2O)cc1.Cl. The average Bonchev–Trinajstić information content (AvgIpc) is 2.58. The molecule has 4 heteroatoms. The predicted octanol–water partition coefficient (Wildman–Crippen LogP) is 5.82. The van der Waals surface area contributed by atoms with Gasteiger partial charge in [-0.1, -0.05) is 39.0 Å². The summed E-state index contributed by atoms with van der Waals surface area (Å²) in [5.41, 5.74) is 4.32. The molecule has 2 aromatic carbocycles. The molecule has 0 radical (unpaired) electrons. The van der Waals surface area contributed by atoms with Gasteiger partial charge in [0.25, 0.3) is 0 Å². The molecule has 0 bridgehead atoms. The van der Waals surface area contributed by atoms with Crippen LogP contribution in [0.1, 0.15) is 58.1 Å². The highest BCUT2D eigenvalue weighted by Crippen LogP contribution is 2.39. The van der Waals surface area contributed by atoms with E-state index in [0.29, 0.717) is 12.3 Å². The minimum atomic E-state index is 0. The second-order valence-electron chi connectivity index (χ2n) is 8.78. The molecule has 0 saturated heterocycles. The van der Waals surface area contributed by atoms with E-state index < -0.39 is 0 Å². The van der Waals surface area contributed by atoms with Gasteiger partial charge in [0.15, 0.2) is 0 Å². The molecule has 0 aliphatic heterocycles. The van der Waals surface area contributed by atoms with Crippen molar-refractivity contribution < 1.29 is 9.84 Å². The van der Waals surface area contributed by atoms with Gasteiger partial charge in [0.1, 0.15) is 11.5 Å². The number of halogens is 1. The first-order valence-corrected chi connectivity index (χ1v) is 9.48. The normalized spacial score (nSPS) is 15.6. The van der Waals surface area contributed by atoms with E-state index in [1.54, 1.807) is 7.11 Å². The number of phenolic OH excluding ortho intramolecular Hbond substituents is 1. The van der Waals surface area contributed by atoms with Gasteiger partial charge in [-0.2, -0.15) is 0 Å². The molecule has 1 saturated carbocycles. The van der Waals surface area contributed by atoms with Crippen LogP contribution in [0.25, 0.3) is 11.1 Å². The molecule has 2 N–H and O–H groups in total. The summed E-state index contributed by atoms with van der Waals surface area (Å²) in [7, 11) is 1.66. The highest BCUT2D eigenvalue weighted by Gasteiger charge is 2.31. The topological polar surface area (TPSA) is 41.5 Å². The smallest absolute Gasteiger partial charge is 0.127 e. The molecular weight excluding hydrogens is 358 g/mol. The van der Waals surface area contributed by atoms with Gasteiger partial charge in [0.2, 0.25) is 0 Å². The fraction of sp³-hybridized carbons (Fsp3) is 0.478. The first-order valence-electron chi connectivity index (χ1n) is 9.48. The van der Waals surface area contributed by atoms with Crippen LogP contribution in [0.4, 0.5) is 0 Å². The maximum Gasteiger partial charge on any atom is 0.127 e. The lowest BCUT2D eigenvalue weighted by molar-refractivity contribution is 0.206. The van der Waals surface area contributed by atoms with Crippen molar-refractivity contribution in [3.05, 3.63) is 47.5 Å². The summed E-state index contributed by atoms with van der Waals surface area (Å²) in [4.78, 5) is 0. The van der Waals surface area contributed by atoms with Gasteiger partial charge in [-0.15, -0.1) is 12.4 Å². The minimum Gasteiger partial charge on any atom is -0.507 e.